The molecule has 98 heavy (non-hydrogen) atoms. The Kier molecular flexibility index (Phi) is 14.4. The van der Waals surface area contributed by atoms with E-state index in [-0.39, 0.29) is 24.5 Å². The number of hydrogen-bond acceptors (Lipinski definition) is 6. The fraction of sp³-hybridized carbons (Fsp3) is 0.0222. The number of fused-ring (bicyclic) bond motifs is 8. The van der Waals surface area contributed by atoms with Gasteiger partial charge in [-0.25, -0.2) is 0 Å². The van der Waals surface area contributed by atoms with Gasteiger partial charge >= 0.3 is 0 Å². The molecule has 0 saturated carbocycles. The first-order valence-electron chi connectivity index (χ1n) is 33.9. The Hall–Kier alpha value is -11.4. The van der Waals surface area contributed by atoms with E-state index in [0.717, 1.165) is 79.1 Å². The predicted molar refractivity (Wildman–Crippen MR) is 417 cm³/mol. The molecule has 2 atom stereocenters. The van der Waals surface area contributed by atoms with Crippen LogP contribution in [0, 0.1) is 0 Å². The summed E-state index contributed by atoms with van der Waals surface area (Å²) in [4.78, 5) is 14.1. The largest absolute Gasteiger partial charge is 0.311 e. The SMILES string of the molecule is C1=C2B3c4ccccc4N(c4ccccc4)c4cc(N(c5ccccc5)c5ccccc5)cc(c43)N(c3c(-c4ccccc4)cccc3-c3ccccc3)C2=CC2Sc3cc(N(c4ccc(-c5ccccc5)cc4)c4cccc(-c5ccccc5)c4)cc4c3B(c3ccccc3S4)C12. The Morgan fingerprint density at radius 1 is 0.306 bits per heavy atom. The van der Waals surface area contributed by atoms with Gasteiger partial charge in [0, 0.05) is 87.9 Å². The van der Waals surface area contributed by atoms with Crippen LogP contribution in [0.25, 0.3) is 44.5 Å². The third-order valence-corrected chi connectivity index (χ3v) is 22.7. The molecular weight excluding hydrogens is 1220 g/mol. The van der Waals surface area contributed by atoms with Crippen molar-refractivity contribution in [3.05, 3.63) is 375 Å². The summed E-state index contributed by atoms with van der Waals surface area (Å²) in [6.07, 6.45) is 5.50. The van der Waals surface area contributed by atoms with Crippen LogP contribution in [0.1, 0.15) is 0 Å². The second-order valence-electron chi connectivity index (χ2n) is 25.8. The Morgan fingerprint density at radius 3 is 1.42 bits per heavy atom. The first-order valence-corrected chi connectivity index (χ1v) is 35.6. The third kappa shape index (κ3) is 9.88. The summed E-state index contributed by atoms with van der Waals surface area (Å²) in [5, 5.41) is 0.0195. The van der Waals surface area contributed by atoms with E-state index in [0.29, 0.717) is 0 Å². The quantitative estimate of drug-likeness (QED) is 0.112. The summed E-state index contributed by atoms with van der Waals surface area (Å²) < 4.78 is 0. The molecule has 5 aliphatic rings. The molecule has 19 rings (SSSR count). The van der Waals surface area contributed by atoms with Crippen molar-refractivity contribution in [2.75, 3.05) is 19.6 Å². The minimum Gasteiger partial charge on any atom is -0.311 e. The lowest BCUT2D eigenvalue weighted by Gasteiger charge is -2.50. The summed E-state index contributed by atoms with van der Waals surface area (Å²) in [6, 6.07) is 130. The molecule has 4 aliphatic heterocycles. The van der Waals surface area contributed by atoms with Gasteiger partial charge in [0.05, 0.1) is 11.4 Å². The normalized spacial score (nSPS) is 15.1. The lowest BCUT2D eigenvalue weighted by Crippen LogP contribution is -2.59. The third-order valence-electron chi connectivity index (χ3n) is 20.3. The average molecular weight is 1290 g/mol. The van der Waals surface area contributed by atoms with Crippen LogP contribution in [0.3, 0.4) is 0 Å². The van der Waals surface area contributed by atoms with Gasteiger partial charge in [0.2, 0.25) is 6.71 Å². The Balaban J connectivity index is 0.880. The van der Waals surface area contributed by atoms with Crippen molar-refractivity contribution in [3.8, 4) is 44.5 Å². The molecule has 14 aromatic carbocycles. The van der Waals surface area contributed by atoms with Gasteiger partial charge in [-0.1, -0.05) is 278 Å². The molecule has 2 unspecified atom stereocenters. The van der Waals surface area contributed by atoms with Gasteiger partial charge in [0.1, 0.15) is 0 Å². The summed E-state index contributed by atoms with van der Waals surface area (Å²) in [6.45, 7) is -0.0595. The van der Waals surface area contributed by atoms with Crippen molar-refractivity contribution in [1.82, 2.24) is 0 Å². The molecule has 0 radical (unpaired) electrons. The Morgan fingerprint density at radius 2 is 0.776 bits per heavy atom. The van der Waals surface area contributed by atoms with Gasteiger partial charge in [-0.3, -0.25) is 0 Å². The number of hydrogen-bond donors (Lipinski definition) is 0. The summed E-state index contributed by atoms with van der Waals surface area (Å²) in [7, 11) is 0. The summed E-state index contributed by atoms with van der Waals surface area (Å²) >= 11 is 3.98. The van der Waals surface area contributed by atoms with E-state index < -0.39 is 0 Å². The zero-order chi connectivity index (χ0) is 64.6. The van der Waals surface area contributed by atoms with Crippen LogP contribution in [0.2, 0.25) is 5.82 Å². The fourth-order valence-corrected chi connectivity index (χ4v) is 18.8. The van der Waals surface area contributed by atoms with E-state index in [2.05, 4.69) is 384 Å². The molecule has 0 bridgehead atoms. The van der Waals surface area contributed by atoms with Crippen LogP contribution in [0.15, 0.2) is 390 Å². The van der Waals surface area contributed by atoms with E-state index in [1.807, 2.05) is 23.5 Å². The highest BCUT2D eigenvalue weighted by Gasteiger charge is 2.52. The maximum absolute atomic E-state index is 2.78. The van der Waals surface area contributed by atoms with Crippen LogP contribution >= 0.6 is 23.5 Å². The molecule has 1 aliphatic carbocycles. The van der Waals surface area contributed by atoms with Crippen molar-refractivity contribution in [2.24, 2.45) is 0 Å². The molecular formula is C90H62B2N4S2. The molecule has 0 spiro atoms. The zero-order valence-electron chi connectivity index (χ0n) is 53.6. The van der Waals surface area contributed by atoms with E-state index in [4.69, 9.17) is 0 Å². The highest BCUT2D eigenvalue weighted by atomic mass is 32.2. The number of allylic oxidation sites excluding steroid dienone is 2. The van der Waals surface area contributed by atoms with Crippen molar-refractivity contribution < 1.29 is 0 Å². The molecule has 0 saturated heterocycles. The van der Waals surface area contributed by atoms with Crippen LogP contribution in [0.4, 0.5) is 62.6 Å². The van der Waals surface area contributed by atoms with Crippen LogP contribution in [0.5, 0.6) is 0 Å². The number of thioether (sulfide) groups is 1. The smallest absolute Gasteiger partial charge is 0.251 e. The van der Waals surface area contributed by atoms with Crippen molar-refractivity contribution >= 4 is 121 Å². The van der Waals surface area contributed by atoms with Crippen LogP contribution in [-0.4, -0.2) is 18.7 Å². The van der Waals surface area contributed by atoms with Crippen molar-refractivity contribution in [2.45, 2.75) is 25.8 Å². The molecule has 0 N–H and O–H groups in total. The van der Waals surface area contributed by atoms with Crippen LogP contribution < -0.4 is 41.5 Å². The summed E-state index contributed by atoms with van der Waals surface area (Å²) in [5.41, 5.74) is 29.6. The number of nitrogens with zero attached hydrogens (tertiary/aromatic N) is 4. The van der Waals surface area contributed by atoms with Crippen molar-refractivity contribution in [1.29, 1.82) is 0 Å². The molecule has 8 heteroatoms. The number of rotatable bonds is 12. The predicted octanol–water partition coefficient (Wildman–Crippen LogP) is 21.8. The molecule has 0 amide bonds. The first kappa shape index (κ1) is 58.0. The van der Waals surface area contributed by atoms with Gasteiger partial charge in [-0.15, -0.1) is 11.8 Å². The minimum atomic E-state index is -0.130. The lowest BCUT2D eigenvalue weighted by molar-refractivity contribution is 0.968. The molecule has 4 nitrogen and oxygen atoms in total. The highest BCUT2D eigenvalue weighted by molar-refractivity contribution is 8.01. The van der Waals surface area contributed by atoms with Gasteiger partial charge in [-0.2, -0.15) is 0 Å². The first-order chi connectivity index (χ1) is 48.6. The lowest BCUT2D eigenvalue weighted by atomic mass is 9.28. The Bertz CT molecular complexity index is 5330. The summed E-state index contributed by atoms with van der Waals surface area (Å²) in [5.74, 6) is 0.0946. The monoisotopic (exact) mass is 1280 g/mol. The molecule has 4 heterocycles. The second-order valence-corrected chi connectivity index (χ2v) is 28.1. The standard InChI is InChI=1S/C90H62B2N4S2/c1-8-28-61(29-9-1)63-50-52-70(53-51-63)94(71-43-26-36-66(54-71)62-30-10-2-11-31-62)73-57-86-89-87(58-73)98-85-60-81-78(59-79(85)92(89)77-47-23-25-49-84(77)97-86)91-76-46-22-24-48-80(76)95(69-41-20-7-21-42-69)82-55-72(93(67-37-16-5-17-38-67)68-39-18-6-19-40-68)56-83(88(82)91)96(81)90-74(64-32-12-3-13-33-64)44-27-45-75(90)65-34-14-4-15-35-65/h1-60,79,85H. The average Bonchev–Trinajstić information content (AvgIpc) is 0.687. The Labute approximate surface area is 582 Å². The molecule has 14 aromatic rings. The van der Waals surface area contributed by atoms with Gasteiger partial charge in [0.25, 0.3) is 6.71 Å². The maximum atomic E-state index is 2.78. The van der Waals surface area contributed by atoms with Crippen LogP contribution in [-0.2, 0) is 0 Å². The van der Waals surface area contributed by atoms with E-state index >= 15 is 0 Å². The van der Waals surface area contributed by atoms with Crippen molar-refractivity contribution in [3.63, 3.8) is 0 Å². The number of para-hydroxylation sites is 5. The molecule has 0 fully saturated rings. The number of anilines is 11. The number of benzene rings is 14. The van der Waals surface area contributed by atoms with Gasteiger partial charge in [-0.05, 0) is 164 Å². The van der Waals surface area contributed by atoms with E-state index in [1.165, 1.54) is 75.6 Å². The second kappa shape index (κ2) is 24.4. The zero-order valence-corrected chi connectivity index (χ0v) is 55.2. The molecule has 460 valence electrons. The fourth-order valence-electron chi connectivity index (χ4n) is 16.0. The van der Waals surface area contributed by atoms with E-state index in [9.17, 15) is 0 Å². The van der Waals surface area contributed by atoms with E-state index in [1.54, 1.807) is 0 Å². The molecule has 0 aromatic heterocycles. The highest BCUT2D eigenvalue weighted by Crippen LogP contribution is 2.57. The minimum absolute atomic E-state index is 0.0195. The van der Waals surface area contributed by atoms with Gasteiger partial charge in [0.15, 0.2) is 0 Å². The maximum Gasteiger partial charge on any atom is 0.251 e. The van der Waals surface area contributed by atoms with Gasteiger partial charge < -0.3 is 19.6 Å². The topological polar surface area (TPSA) is 13.0 Å².